The fourth-order valence-electron chi connectivity index (χ4n) is 3.05. The molecule has 1 aromatic carbocycles. The highest BCUT2D eigenvalue weighted by Gasteiger charge is 2.25. The number of carbonyl (C=O) groups is 1. The van der Waals surface area contributed by atoms with Gasteiger partial charge in [0.1, 0.15) is 5.75 Å². The maximum absolute atomic E-state index is 12.3. The number of amides is 1. The second-order valence-corrected chi connectivity index (χ2v) is 5.88. The van der Waals surface area contributed by atoms with Gasteiger partial charge in [0, 0.05) is 12.6 Å². The summed E-state index contributed by atoms with van der Waals surface area (Å²) in [5.41, 5.74) is 1.80. The minimum Gasteiger partial charge on any atom is -0.495 e. The van der Waals surface area contributed by atoms with E-state index >= 15 is 0 Å². The van der Waals surface area contributed by atoms with Crippen LogP contribution in [0.15, 0.2) is 18.2 Å². The van der Waals surface area contributed by atoms with E-state index in [0.717, 1.165) is 43.5 Å². The first-order valence-electron chi connectivity index (χ1n) is 7.93. The minimum atomic E-state index is -0.0141. The second-order valence-electron chi connectivity index (χ2n) is 5.88. The Kier molecular flexibility index (Phi) is 6.21. The van der Waals surface area contributed by atoms with Crippen LogP contribution >= 0.6 is 0 Å². The van der Waals surface area contributed by atoms with Gasteiger partial charge in [0.15, 0.2) is 0 Å². The maximum atomic E-state index is 12.3. The molecule has 1 saturated heterocycles. The number of aliphatic hydroxyl groups excluding tert-OH is 1. The van der Waals surface area contributed by atoms with Crippen LogP contribution in [0.1, 0.15) is 31.2 Å². The number of hydrogen-bond acceptors (Lipinski definition) is 4. The molecule has 2 rings (SSSR count). The summed E-state index contributed by atoms with van der Waals surface area (Å²) < 4.78 is 5.29. The van der Waals surface area contributed by atoms with Gasteiger partial charge in [0.25, 0.3) is 0 Å². The van der Waals surface area contributed by atoms with Crippen LogP contribution in [0.25, 0.3) is 0 Å². The molecular weight excluding hydrogens is 280 g/mol. The van der Waals surface area contributed by atoms with Crippen LogP contribution in [-0.4, -0.2) is 48.8 Å². The van der Waals surface area contributed by atoms with Crippen molar-refractivity contribution in [1.29, 1.82) is 0 Å². The Bertz CT molecular complexity index is 505. The summed E-state index contributed by atoms with van der Waals surface area (Å²) in [4.78, 5) is 14.5. The maximum Gasteiger partial charge on any atom is 0.238 e. The van der Waals surface area contributed by atoms with Crippen LogP contribution < -0.4 is 10.1 Å². The van der Waals surface area contributed by atoms with Crippen LogP contribution in [0.5, 0.6) is 5.75 Å². The first-order chi connectivity index (χ1) is 10.6. The molecule has 22 heavy (non-hydrogen) atoms. The number of aliphatic hydroxyl groups is 1. The molecule has 0 spiro atoms. The summed E-state index contributed by atoms with van der Waals surface area (Å²) >= 11 is 0. The van der Waals surface area contributed by atoms with Crippen molar-refractivity contribution in [2.75, 3.05) is 32.1 Å². The van der Waals surface area contributed by atoms with Gasteiger partial charge in [-0.1, -0.05) is 6.07 Å². The van der Waals surface area contributed by atoms with E-state index in [9.17, 15) is 4.79 Å². The Morgan fingerprint density at radius 3 is 3.05 bits per heavy atom. The molecule has 0 saturated carbocycles. The fourth-order valence-corrected chi connectivity index (χ4v) is 3.05. The summed E-state index contributed by atoms with van der Waals surface area (Å²) in [6.45, 7) is 3.55. The molecule has 1 atom stereocenters. The van der Waals surface area contributed by atoms with E-state index in [-0.39, 0.29) is 12.5 Å². The number of nitrogens with one attached hydrogen (secondary N) is 1. The van der Waals surface area contributed by atoms with Crippen LogP contribution in [0.3, 0.4) is 0 Å². The van der Waals surface area contributed by atoms with Crippen molar-refractivity contribution < 1.29 is 14.6 Å². The fraction of sp³-hybridized carbons (Fsp3) is 0.588. The Hall–Kier alpha value is -1.59. The first kappa shape index (κ1) is 16.8. The van der Waals surface area contributed by atoms with E-state index in [4.69, 9.17) is 9.84 Å². The summed E-state index contributed by atoms with van der Waals surface area (Å²) in [6.07, 6.45) is 3.99. The van der Waals surface area contributed by atoms with Gasteiger partial charge in [0.05, 0.1) is 19.3 Å². The predicted octanol–water partition coefficient (Wildman–Crippen LogP) is 2.18. The number of ether oxygens (including phenoxy) is 1. The van der Waals surface area contributed by atoms with Gasteiger partial charge in [0.2, 0.25) is 5.91 Å². The molecule has 1 fully saturated rings. The van der Waals surface area contributed by atoms with Gasteiger partial charge in [-0.25, -0.2) is 0 Å². The second kappa shape index (κ2) is 8.15. The SMILES string of the molecule is COc1ccc(C)cc1NC(=O)CN1CCCC1CCCO. The topological polar surface area (TPSA) is 61.8 Å². The molecule has 0 radical (unpaired) electrons. The highest BCUT2D eigenvalue weighted by Crippen LogP contribution is 2.26. The highest BCUT2D eigenvalue weighted by molar-refractivity contribution is 5.93. The third-order valence-electron chi connectivity index (χ3n) is 4.17. The van der Waals surface area contributed by atoms with Crippen molar-refractivity contribution in [3.8, 4) is 5.75 Å². The van der Waals surface area contributed by atoms with E-state index in [2.05, 4.69) is 10.2 Å². The van der Waals surface area contributed by atoms with Crippen LogP contribution in [0.4, 0.5) is 5.69 Å². The molecule has 1 aliphatic heterocycles. The quantitative estimate of drug-likeness (QED) is 0.810. The van der Waals surface area contributed by atoms with Gasteiger partial charge in [-0.05, 0) is 56.8 Å². The van der Waals surface area contributed by atoms with E-state index < -0.39 is 0 Å². The number of aryl methyl sites for hydroxylation is 1. The lowest BCUT2D eigenvalue weighted by Crippen LogP contribution is -2.37. The number of methoxy groups -OCH3 is 1. The number of nitrogens with zero attached hydrogens (tertiary/aromatic N) is 1. The van der Waals surface area contributed by atoms with Crippen LogP contribution in [0, 0.1) is 6.92 Å². The van der Waals surface area contributed by atoms with Crippen molar-refractivity contribution >= 4 is 11.6 Å². The number of benzene rings is 1. The van der Waals surface area contributed by atoms with Gasteiger partial charge in [-0.15, -0.1) is 0 Å². The predicted molar refractivity (Wildman–Crippen MR) is 87.3 cm³/mol. The van der Waals surface area contributed by atoms with Gasteiger partial charge < -0.3 is 15.2 Å². The lowest BCUT2D eigenvalue weighted by molar-refractivity contribution is -0.117. The van der Waals surface area contributed by atoms with Gasteiger partial charge in [-0.2, -0.15) is 0 Å². The summed E-state index contributed by atoms with van der Waals surface area (Å²) in [7, 11) is 1.60. The molecule has 1 aliphatic rings. The summed E-state index contributed by atoms with van der Waals surface area (Å²) in [6, 6.07) is 6.16. The average molecular weight is 306 g/mol. The molecule has 0 aliphatic carbocycles. The van der Waals surface area contributed by atoms with Crippen LogP contribution in [-0.2, 0) is 4.79 Å². The zero-order chi connectivity index (χ0) is 15.9. The highest BCUT2D eigenvalue weighted by atomic mass is 16.5. The number of hydrogen-bond donors (Lipinski definition) is 2. The molecule has 1 unspecified atom stereocenters. The Labute approximate surface area is 132 Å². The van der Waals surface area contributed by atoms with E-state index in [1.807, 2.05) is 25.1 Å². The lowest BCUT2D eigenvalue weighted by atomic mass is 10.1. The Balaban J connectivity index is 1.94. The number of anilines is 1. The van der Waals surface area contributed by atoms with E-state index in [0.29, 0.717) is 18.3 Å². The van der Waals surface area contributed by atoms with Crippen molar-refractivity contribution in [2.24, 2.45) is 0 Å². The van der Waals surface area contributed by atoms with Crippen molar-refractivity contribution in [1.82, 2.24) is 4.90 Å². The first-order valence-corrected chi connectivity index (χ1v) is 7.93. The molecule has 1 aromatic rings. The lowest BCUT2D eigenvalue weighted by Gasteiger charge is -2.23. The number of likely N-dealkylation sites (tertiary alicyclic amines) is 1. The molecule has 5 heteroatoms. The zero-order valence-electron chi connectivity index (χ0n) is 13.5. The zero-order valence-corrected chi connectivity index (χ0v) is 13.5. The summed E-state index contributed by atoms with van der Waals surface area (Å²) in [5, 5.41) is 11.9. The molecule has 1 heterocycles. The van der Waals surface area contributed by atoms with E-state index in [1.165, 1.54) is 0 Å². The molecule has 0 aromatic heterocycles. The van der Waals surface area contributed by atoms with Crippen molar-refractivity contribution in [3.63, 3.8) is 0 Å². The third-order valence-corrected chi connectivity index (χ3v) is 4.17. The molecule has 1 amide bonds. The molecule has 122 valence electrons. The molecule has 5 nitrogen and oxygen atoms in total. The molecule has 0 bridgehead atoms. The van der Waals surface area contributed by atoms with E-state index in [1.54, 1.807) is 7.11 Å². The summed E-state index contributed by atoms with van der Waals surface area (Å²) in [5.74, 6) is 0.664. The molecule has 2 N–H and O–H groups in total. The average Bonchev–Trinajstić information content (AvgIpc) is 2.92. The van der Waals surface area contributed by atoms with Crippen LogP contribution in [0.2, 0.25) is 0 Å². The van der Waals surface area contributed by atoms with Gasteiger partial charge in [-0.3, -0.25) is 9.69 Å². The Morgan fingerprint density at radius 1 is 1.50 bits per heavy atom. The Morgan fingerprint density at radius 2 is 2.32 bits per heavy atom. The monoisotopic (exact) mass is 306 g/mol. The number of rotatable bonds is 7. The normalized spacial score (nSPS) is 18.4. The largest absolute Gasteiger partial charge is 0.495 e. The van der Waals surface area contributed by atoms with Crippen molar-refractivity contribution in [2.45, 2.75) is 38.6 Å². The smallest absolute Gasteiger partial charge is 0.238 e. The van der Waals surface area contributed by atoms with Gasteiger partial charge >= 0.3 is 0 Å². The standard InChI is InChI=1S/C17H26N2O3/c1-13-7-8-16(22-2)15(11-13)18-17(21)12-19-9-3-5-14(19)6-4-10-20/h7-8,11,14,20H,3-6,9-10,12H2,1-2H3,(H,18,21). The third kappa shape index (κ3) is 4.45. The minimum absolute atomic E-state index is 0.0141. The van der Waals surface area contributed by atoms with Crippen molar-refractivity contribution in [3.05, 3.63) is 23.8 Å². The molecular formula is C17H26N2O3. The number of carbonyl (C=O) groups excluding carboxylic acids is 1.